The van der Waals surface area contributed by atoms with Gasteiger partial charge in [0.05, 0.1) is 0 Å². The topological polar surface area (TPSA) is 78.4 Å². The van der Waals surface area contributed by atoms with Crippen molar-refractivity contribution in [3.8, 4) is 0 Å². The Morgan fingerprint density at radius 1 is 0.966 bits per heavy atom. The van der Waals surface area contributed by atoms with Crippen molar-refractivity contribution in [1.82, 2.24) is 24.8 Å². The highest BCUT2D eigenvalue weighted by Gasteiger charge is 2.25. The molecule has 0 bridgehead atoms. The number of benzene rings is 1. The lowest BCUT2D eigenvalue weighted by molar-refractivity contribution is 0.0740. The average molecular weight is 389 g/mol. The van der Waals surface area contributed by atoms with Gasteiger partial charge in [-0.3, -0.25) is 4.79 Å². The molecule has 3 aromatic rings. The molecule has 0 unspecified atom stereocenters. The molecule has 148 valence electrons. The van der Waals surface area contributed by atoms with Gasteiger partial charge in [-0.25, -0.2) is 19.9 Å². The molecule has 8 nitrogen and oxygen atoms in total. The van der Waals surface area contributed by atoms with Crippen LogP contribution in [0.15, 0.2) is 54.9 Å². The molecule has 1 aliphatic rings. The van der Waals surface area contributed by atoms with Gasteiger partial charge in [-0.2, -0.15) is 0 Å². The molecule has 1 aromatic carbocycles. The zero-order valence-corrected chi connectivity index (χ0v) is 16.6. The van der Waals surface area contributed by atoms with Crippen molar-refractivity contribution in [2.24, 2.45) is 0 Å². The molecule has 1 fully saturated rings. The van der Waals surface area contributed by atoms with Crippen LogP contribution in [0.3, 0.4) is 0 Å². The first-order chi connectivity index (χ1) is 14.1. The Balaban J connectivity index is 1.49. The van der Waals surface area contributed by atoms with Gasteiger partial charge in [-0.05, 0) is 31.2 Å². The molecule has 3 heterocycles. The Labute approximate surface area is 169 Å². The molecule has 1 amide bonds. The van der Waals surface area contributed by atoms with Crippen molar-refractivity contribution < 1.29 is 4.79 Å². The van der Waals surface area contributed by atoms with Crippen molar-refractivity contribution in [1.29, 1.82) is 0 Å². The van der Waals surface area contributed by atoms with E-state index >= 15 is 0 Å². The van der Waals surface area contributed by atoms with Crippen LogP contribution in [0.2, 0.25) is 0 Å². The van der Waals surface area contributed by atoms with Crippen molar-refractivity contribution in [3.05, 3.63) is 66.2 Å². The van der Waals surface area contributed by atoms with Gasteiger partial charge in [0.25, 0.3) is 5.91 Å². The summed E-state index contributed by atoms with van der Waals surface area (Å²) in [4.78, 5) is 36.5. The first-order valence-electron chi connectivity index (χ1n) is 9.57. The molecule has 0 aliphatic carbocycles. The number of para-hydroxylation sites is 1. The molecule has 8 heteroatoms. The number of rotatable bonds is 4. The number of carbonyl (C=O) groups excluding carboxylic acids is 1. The smallest absolute Gasteiger partial charge is 0.272 e. The van der Waals surface area contributed by atoms with Gasteiger partial charge in [0.1, 0.15) is 5.69 Å². The molecule has 0 radical (unpaired) electrons. The fourth-order valence-corrected chi connectivity index (χ4v) is 3.31. The van der Waals surface area contributed by atoms with Crippen LogP contribution in [0.1, 0.15) is 16.2 Å². The van der Waals surface area contributed by atoms with Crippen LogP contribution in [-0.2, 0) is 0 Å². The molecule has 29 heavy (non-hydrogen) atoms. The highest BCUT2D eigenvalue weighted by Crippen LogP contribution is 2.21. The fourth-order valence-electron chi connectivity index (χ4n) is 3.31. The van der Waals surface area contributed by atoms with Crippen LogP contribution in [0.25, 0.3) is 0 Å². The third-order valence-corrected chi connectivity index (χ3v) is 4.91. The van der Waals surface area contributed by atoms with Gasteiger partial charge in [0, 0.05) is 57.0 Å². The molecule has 1 aliphatic heterocycles. The van der Waals surface area contributed by atoms with E-state index in [2.05, 4.69) is 24.8 Å². The Morgan fingerprint density at radius 2 is 1.66 bits per heavy atom. The van der Waals surface area contributed by atoms with E-state index in [1.165, 1.54) is 0 Å². The van der Waals surface area contributed by atoms with Gasteiger partial charge in [-0.1, -0.05) is 18.2 Å². The van der Waals surface area contributed by atoms with Crippen molar-refractivity contribution in [2.75, 3.05) is 43.0 Å². The largest absolute Gasteiger partial charge is 0.337 e. The number of aryl methyl sites for hydroxylation is 1. The Morgan fingerprint density at radius 3 is 2.34 bits per heavy atom. The number of amides is 1. The SMILES string of the molecule is Cc1cc(C(=O)N2CCN(c3ncccn3)CC2)nc(N(C)c2ccccc2)n1. The van der Waals surface area contributed by atoms with Crippen LogP contribution < -0.4 is 9.80 Å². The van der Waals surface area contributed by atoms with Crippen LogP contribution in [0.4, 0.5) is 17.6 Å². The lowest BCUT2D eigenvalue weighted by Crippen LogP contribution is -2.49. The number of piperazine rings is 1. The van der Waals surface area contributed by atoms with E-state index in [4.69, 9.17) is 0 Å². The first-order valence-corrected chi connectivity index (χ1v) is 9.57. The summed E-state index contributed by atoms with van der Waals surface area (Å²) in [5, 5.41) is 0. The average Bonchev–Trinajstić information content (AvgIpc) is 2.79. The monoisotopic (exact) mass is 389 g/mol. The zero-order chi connectivity index (χ0) is 20.2. The summed E-state index contributed by atoms with van der Waals surface area (Å²) in [5.41, 5.74) is 2.14. The Hall–Kier alpha value is -3.55. The number of aromatic nitrogens is 4. The minimum Gasteiger partial charge on any atom is -0.337 e. The third-order valence-electron chi connectivity index (χ3n) is 4.91. The molecule has 0 N–H and O–H groups in total. The van der Waals surface area contributed by atoms with Crippen molar-refractivity contribution in [3.63, 3.8) is 0 Å². The van der Waals surface area contributed by atoms with E-state index in [1.54, 1.807) is 24.5 Å². The molecule has 0 spiro atoms. The number of hydrogen-bond donors (Lipinski definition) is 0. The molecule has 4 rings (SSSR count). The predicted molar refractivity (Wildman–Crippen MR) is 111 cm³/mol. The second kappa shape index (κ2) is 8.22. The summed E-state index contributed by atoms with van der Waals surface area (Å²) in [5.74, 6) is 1.13. The van der Waals surface area contributed by atoms with Gasteiger partial charge in [0.15, 0.2) is 0 Å². The normalized spacial score (nSPS) is 14.0. The Kier molecular flexibility index (Phi) is 5.33. The maximum Gasteiger partial charge on any atom is 0.272 e. The lowest BCUT2D eigenvalue weighted by atomic mass is 10.2. The summed E-state index contributed by atoms with van der Waals surface area (Å²) in [6.45, 7) is 4.46. The summed E-state index contributed by atoms with van der Waals surface area (Å²) in [7, 11) is 1.90. The third kappa shape index (κ3) is 4.16. The van der Waals surface area contributed by atoms with Crippen LogP contribution in [-0.4, -0.2) is 64.0 Å². The minimum atomic E-state index is -0.0770. The molecule has 0 atom stereocenters. The second-order valence-electron chi connectivity index (χ2n) is 6.92. The van der Waals surface area contributed by atoms with Crippen molar-refractivity contribution >= 4 is 23.5 Å². The molecule has 0 saturated carbocycles. The standard InChI is InChI=1S/C21H23N7O/c1-16-15-18(25-21(24-16)26(2)17-7-4-3-5-8-17)19(29)27-11-13-28(14-12-27)20-22-9-6-10-23-20/h3-10,15H,11-14H2,1-2H3. The summed E-state index contributed by atoms with van der Waals surface area (Å²) < 4.78 is 0. The van der Waals surface area contributed by atoms with Crippen LogP contribution in [0, 0.1) is 6.92 Å². The van der Waals surface area contributed by atoms with Gasteiger partial charge >= 0.3 is 0 Å². The van der Waals surface area contributed by atoms with Crippen LogP contribution in [0.5, 0.6) is 0 Å². The highest BCUT2D eigenvalue weighted by atomic mass is 16.2. The quantitative estimate of drug-likeness (QED) is 0.677. The molecule has 2 aromatic heterocycles. The number of hydrogen-bond acceptors (Lipinski definition) is 7. The molecular formula is C21H23N7O. The minimum absolute atomic E-state index is 0.0770. The zero-order valence-electron chi connectivity index (χ0n) is 16.6. The van der Waals surface area contributed by atoms with E-state index in [0.717, 1.165) is 11.4 Å². The van der Waals surface area contributed by atoms with E-state index < -0.39 is 0 Å². The second-order valence-corrected chi connectivity index (χ2v) is 6.92. The van der Waals surface area contributed by atoms with Crippen LogP contribution >= 0.6 is 0 Å². The maximum absolute atomic E-state index is 13.1. The molecular weight excluding hydrogens is 366 g/mol. The van der Waals surface area contributed by atoms with E-state index in [-0.39, 0.29) is 5.91 Å². The number of nitrogens with zero attached hydrogens (tertiary/aromatic N) is 7. The molecule has 1 saturated heterocycles. The van der Waals surface area contributed by atoms with E-state index in [9.17, 15) is 4.79 Å². The summed E-state index contributed by atoms with van der Waals surface area (Å²) >= 11 is 0. The van der Waals surface area contributed by atoms with E-state index in [0.29, 0.717) is 43.8 Å². The van der Waals surface area contributed by atoms with Gasteiger partial charge < -0.3 is 14.7 Å². The lowest BCUT2D eigenvalue weighted by Gasteiger charge is -2.34. The van der Waals surface area contributed by atoms with Gasteiger partial charge in [0.2, 0.25) is 11.9 Å². The number of anilines is 3. The predicted octanol–water partition coefficient (Wildman–Crippen LogP) is 2.31. The summed E-state index contributed by atoms with van der Waals surface area (Å²) in [6, 6.07) is 13.4. The fraction of sp³-hybridized carbons (Fsp3) is 0.286. The van der Waals surface area contributed by atoms with E-state index in [1.807, 2.05) is 54.1 Å². The Bertz CT molecular complexity index is 973. The number of carbonyl (C=O) groups is 1. The first kappa shape index (κ1) is 18.8. The summed E-state index contributed by atoms with van der Waals surface area (Å²) in [6.07, 6.45) is 3.46. The maximum atomic E-state index is 13.1. The van der Waals surface area contributed by atoms with Gasteiger partial charge in [-0.15, -0.1) is 0 Å². The van der Waals surface area contributed by atoms with Crippen molar-refractivity contribution in [2.45, 2.75) is 6.92 Å². The highest BCUT2D eigenvalue weighted by molar-refractivity contribution is 5.93.